The van der Waals surface area contributed by atoms with Crippen LogP contribution in [-0.2, 0) is 0 Å². The van der Waals surface area contributed by atoms with Gasteiger partial charge in [0.2, 0.25) is 5.13 Å². The normalized spacial score (nSPS) is 10.7. The third kappa shape index (κ3) is 3.75. The Morgan fingerprint density at radius 1 is 1.15 bits per heavy atom. The first-order valence-electron chi connectivity index (χ1n) is 8.41. The number of hydrazone groups is 1. The van der Waals surface area contributed by atoms with Crippen LogP contribution in [0.5, 0.6) is 0 Å². The number of fused-ring (bicyclic) bond motifs is 1. The Balaban J connectivity index is 1.95. The summed E-state index contributed by atoms with van der Waals surface area (Å²) in [7, 11) is 0. The van der Waals surface area contributed by atoms with E-state index in [2.05, 4.69) is 20.8 Å². The number of aryl methyl sites for hydroxylation is 3. The molecule has 0 atom stereocenters. The van der Waals surface area contributed by atoms with Crippen molar-refractivity contribution in [2.24, 2.45) is 5.10 Å². The molecule has 0 spiro atoms. The fourth-order valence-corrected chi connectivity index (χ4v) is 3.65. The molecule has 1 heterocycles. The SMILES string of the molecule is CC(C)=NNc1nc2cc(C)c(NC(=O)c3cccc(C)c3)c(C)c2s1. The molecular weight excluding hydrogens is 344 g/mol. The van der Waals surface area contributed by atoms with Crippen LogP contribution in [0.2, 0.25) is 0 Å². The molecule has 26 heavy (non-hydrogen) atoms. The molecule has 0 fully saturated rings. The Kier molecular flexibility index (Phi) is 5.04. The summed E-state index contributed by atoms with van der Waals surface area (Å²) in [6.45, 7) is 9.82. The van der Waals surface area contributed by atoms with E-state index in [-0.39, 0.29) is 5.91 Å². The van der Waals surface area contributed by atoms with E-state index in [1.807, 2.05) is 65.0 Å². The number of rotatable bonds is 4. The number of hydrogen-bond acceptors (Lipinski definition) is 5. The molecule has 5 nitrogen and oxygen atoms in total. The van der Waals surface area contributed by atoms with Crippen LogP contribution < -0.4 is 10.7 Å². The summed E-state index contributed by atoms with van der Waals surface area (Å²) in [5.74, 6) is -0.103. The van der Waals surface area contributed by atoms with E-state index in [1.165, 1.54) is 11.3 Å². The van der Waals surface area contributed by atoms with Gasteiger partial charge >= 0.3 is 0 Å². The van der Waals surface area contributed by atoms with Gasteiger partial charge in [0.05, 0.1) is 10.2 Å². The van der Waals surface area contributed by atoms with Gasteiger partial charge in [0.15, 0.2) is 0 Å². The summed E-state index contributed by atoms with van der Waals surface area (Å²) in [5, 5.41) is 8.01. The lowest BCUT2D eigenvalue weighted by Gasteiger charge is -2.12. The van der Waals surface area contributed by atoms with Gasteiger partial charge in [-0.3, -0.25) is 10.2 Å². The molecule has 134 valence electrons. The van der Waals surface area contributed by atoms with Gasteiger partial charge in [0, 0.05) is 17.0 Å². The Morgan fingerprint density at radius 3 is 2.62 bits per heavy atom. The van der Waals surface area contributed by atoms with Crippen LogP contribution in [0.3, 0.4) is 0 Å². The lowest BCUT2D eigenvalue weighted by Crippen LogP contribution is -2.14. The number of thiazole rings is 1. The Labute approximate surface area is 157 Å². The fraction of sp³-hybridized carbons (Fsp3) is 0.250. The van der Waals surface area contributed by atoms with Crippen LogP contribution in [0.25, 0.3) is 10.2 Å². The van der Waals surface area contributed by atoms with Crippen LogP contribution in [0.4, 0.5) is 10.8 Å². The second-order valence-electron chi connectivity index (χ2n) is 6.56. The van der Waals surface area contributed by atoms with E-state index in [0.717, 1.165) is 43.4 Å². The van der Waals surface area contributed by atoms with Gasteiger partial charge in [-0.15, -0.1) is 0 Å². The fourth-order valence-electron chi connectivity index (χ4n) is 2.76. The molecule has 0 saturated carbocycles. The first-order chi connectivity index (χ1) is 12.3. The second kappa shape index (κ2) is 7.25. The number of nitrogens with one attached hydrogen (secondary N) is 2. The average molecular weight is 366 g/mol. The maximum absolute atomic E-state index is 12.6. The minimum Gasteiger partial charge on any atom is -0.321 e. The summed E-state index contributed by atoms with van der Waals surface area (Å²) in [6.07, 6.45) is 0. The molecule has 6 heteroatoms. The zero-order valence-corrected chi connectivity index (χ0v) is 16.4. The lowest BCUT2D eigenvalue weighted by molar-refractivity contribution is 0.102. The van der Waals surface area contributed by atoms with Crippen molar-refractivity contribution in [1.29, 1.82) is 0 Å². The van der Waals surface area contributed by atoms with Crippen LogP contribution in [0, 0.1) is 20.8 Å². The molecule has 0 unspecified atom stereocenters. The molecule has 0 bridgehead atoms. The molecule has 0 saturated heterocycles. The molecule has 3 aromatic rings. The van der Waals surface area contributed by atoms with Crippen LogP contribution in [0.1, 0.15) is 40.9 Å². The zero-order valence-electron chi connectivity index (χ0n) is 15.6. The Hall–Kier alpha value is -2.73. The molecule has 0 radical (unpaired) electrons. The number of nitrogens with zero attached hydrogens (tertiary/aromatic N) is 2. The van der Waals surface area contributed by atoms with Gasteiger partial charge in [0.1, 0.15) is 0 Å². The van der Waals surface area contributed by atoms with E-state index in [0.29, 0.717) is 5.56 Å². The van der Waals surface area contributed by atoms with Crippen molar-refractivity contribution in [3.05, 3.63) is 52.6 Å². The predicted molar refractivity (Wildman–Crippen MR) is 111 cm³/mol. The summed E-state index contributed by atoms with van der Waals surface area (Å²) in [5.41, 5.74) is 9.39. The number of aromatic nitrogens is 1. The maximum Gasteiger partial charge on any atom is 0.255 e. The summed E-state index contributed by atoms with van der Waals surface area (Å²) in [4.78, 5) is 17.2. The quantitative estimate of drug-likeness (QED) is 0.487. The van der Waals surface area contributed by atoms with Gasteiger partial charge in [-0.05, 0) is 63.9 Å². The van der Waals surface area contributed by atoms with Gasteiger partial charge < -0.3 is 5.32 Å². The molecule has 0 aliphatic heterocycles. The molecule has 0 aliphatic carbocycles. The molecule has 2 N–H and O–H groups in total. The highest BCUT2D eigenvalue weighted by molar-refractivity contribution is 7.22. The molecule has 1 aromatic heterocycles. The van der Waals surface area contributed by atoms with Crippen molar-refractivity contribution in [2.45, 2.75) is 34.6 Å². The topological polar surface area (TPSA) is 66.4 Å². The van der Waals surface area contributed by atoms with Crippen molar-refractivity contribution in [1.82, 2.24) is 4.98 Å². The molecule has 0 aliphatic rings. The number of amides is 1. The highest BCUT2D eigenvalue weighted by Gasteiger charge is 2.15. The third-order valence-electron chi connectivity index (χ3n) is 4.01. The number of carbonyl (C=O) groups excluding carboxylic acids is 1. The first kappa shape index (κ1) is 18.1. The summed E-state index contributed by atoms with van der Waals surface area (Å²) in [6, 6.07) is 9.58. The van der Waals surface area contributed by atoms with E-state index < -0.39 is 0 Å². The van der Waals surface area contributed by atoms with Gasteiger partial charge in [-0.1, -0.05) is 29.0 Å². The standard InChI is InChI=1S/C20H22N4OS/c1-11(2)23-24-20-21-16-10-13(4)17(14(5)18(16)26-20)22-19(25)15-8-6-7-12(3)9-15/h6-10H,1-5H3,(H,21,24)(H,22,25). The number of hydrogen-bond donors (Lipinski definition) is 2. The van der Waals surface area contributed by atoms with Crippen LogP contribution >= 0.6 is 11.3 Å². The Morgan fingerprint density at radius 2 is 1.92 bits per heavy atom. The van der Waals surface area contributed by atoms with Crippen molar-refractivity contribution in [3.63, 3.8) is 0 Å². The van der Waals surface area contributed by atoms with Gasteiger partial charge in [-0.25, -0.2) is 4.98 Å². The van der Waals surface area contributed by atoms with Crippen LogP contribution in [0.15, 0.2) is 35.4 Å². The minimum absolute atomic E-state index is 0.103. The van der Waals surface area contributed by atoms with E-state index in [4.69, 9.17) is 0 Å². The monoisotopic (exact) mass is 366 g/mol. The predicted octanol–water partition coefficient (Wildman–Crippen LogP) is 5.28. The van der Waals surface area contributed by atoms with Gasteiger partial charge in [-0.2, -0.15) is 5.10 Å². The van der Waals surface area contributed by atoms with Gasteiger partial charge in [0.25, 0.3) is 5.91 Å². The molecule has 3 rings (SSSR count). The van der Waals surface area contributed by atoms with E-state index >= 15 is 0 Å². The van der Waals surface area contributed by atoms with Crippen molar-refractivity contribution in [2.75, 3.05) is 10.7 Å². The maximum atomic E-state index is 12.6. The number of anilines is 2. The highest BCUT2D eigenvalue weighted by atomic mass is 32.1. The van der Waals surface area contributed by atoms with E-state index in [1.54, 1.807) is 0 Å². The third-order valence-corrected chi connectivity index (χ3v) is 5.11. The van der Waals surface area contributed by atoms with Crippen LogP contribution in [-0.4, -0.2) is 16.6 Å². The smallest absolute Gasteiger partial charge is 0.255 e. The number of carbonyl (C=O) groups is 1. The molecular formula is C20H22N4OS. The highest BCUT2D eigenvalue weighted by Crippen LogP contribution is 2.35. The second-order valence-corrected chi connectivity index (χ2v) is 7.55. The van der Waals surface area contributed by atoms with Crippen molar-refractivity contribution in [3.8, 4) is 0 Å². The largest absolute Gasteiger partial charge is 0.321 e. The zero-order chi connectivity index (χ0) is 18.8. The Bertz CT molecular complexity index is 1020. The first-order valence-corrected chi connectivity index (χ1v) is 9.22. The number of benzene rings is 2. The van der Waals surface area contributed by atoms with E-state index in [9.17, 15) is 4.79 Å². The summed E-state index contributed by atoms with van der Waals surface area (Å²) >= 11 is 1.53. The summed E-state index contributed by atoms with van der Waals surface area (Å²) < 4.78 is 1.04. The molecule has 1 amide bonds. The van der Waals surface area contributed by atoms with Crippen molar-refractivity contribution < 1.29 is 4.79 Å². The molecule has 2 aromatic carbocycles. The minimum atomic E-state index is -0.103. The average Bonchev–Trinajstić information content (AvgIpc) is 2.99. The lowest BCUT2D eigenvalue weighted by atomic mass is 10.1. The van der Waals surface area contributed by atoms with Crippen molar-refractivity contribution >= 4 is 44.0 Å².